The lowest BCUT2D eigenvalue weighted by molar-refractivity contribution is -0.143. The average Bonchev–Trinajstić information content (AvgIpc) is 2.77. The van der Waals surface area contributed by atoms with E-state index < -0.39 is 5.97 Å². The van der Waals surface area contributed by atoms with E-state index in [2.05, 4.69) is 30.7 Å². The molecule has 1 saturated heterocycles. The number of carbonyl (C=O) groups is 1. The van der Waals surface area contributed by atoms with Crippen LogP contribution in [0.4, 0.5) is 0 Å². The van der Waals surface area contributed by atoms with Gasteiger partial charge in [-0.05, 0) is 19.4 Å². The molecule has 0 aromatic carbocycles. The maximum atomic E-state index is 11.0. The largest absolute Gasteiger partial charge is 0.481 e. The van der Waals surface area contributed by atoms with Crippen LogP contribution in [0.15, 0.2) is 10.6 Å². The normalized spacial score (nSPS) is 21.5. The molecule has 0 bridgehead atoms. The molecule has 2 rings (SSSR count). The second-order valence-corrected chi connectivity index (χ2v) is 6.28. The van der Waals surface area contributed by atoms with Gasteiger partial charge in [0.05, 0.1) is 18.7 Å². The molecule has 5 nitrogen and oxygen atoms in total. The highest BCUT2D eigenvalue weighted by Crippen LogP contribution is 2.24. The number of rotatable bonds is 3. The molecule has 1 aliphatic rings. The van der Waals surface area contributed by atoms with Crippen LogP contribution in [0.1, 0.15) is 45.3 Å². The Bertz CT molecular complexity index is 448. The van der Waals surface area contributed by atoms with Crippen LogP contribution in [-0.2, 0) is 16.8 Å². The van der Waals surface area contributed by atoms with E-state index in [1.165, 1.54) is 0 Å². The van der Waals surface area contributed by atoms with Gasteiger partial charge in [-0.3, -0.25) is 9.69 Å². The van der Waals surface area contributed by atoms with Crippen LogP contribution in [0.25, 0.3) is 0 Å². The first kappa shape index (κ1) is 14.1. The van der Waals surface area contributed by atoms with E-state index in [0.717, 1.165) is 25.1 Å². The number of oxazole rings is 1. The molecule has 19 heavy (non-hydrogen) atoms. The highest BCUT2D eigenvalue weighted by molar-refractivity contribution is 5.70. The lowest BCUT2D eigenvalue weighted by atomic mass is 9.94. The lowest BCUT2D eigenvalue weighted by Crippen LogP contribution is -2.38. The number of aromatic nitrogens is 1. The molecular formula is C14H22N2O3. The number of piperidine rings is 1. The van der Waals surface area contributed by atoms with Crippen LogP contribution in [0.5, 0.6) is 0 Å². The Labute approximate surface area is 113 Å². The number of carboxylic acid groups (broad SMARTS) is 1. The highest BCUT2D eigenvalue weighted by atomic mass is 16.4. The summed E-state index contributed by atoms with van der Waals surface area (Å²) in [6.45, 7) is 8.34. The second kappa shape index (κ2) is 5.33. The molecule has 0 spiro atoms. The third-order valence-electron chi connectivity index (χ3n) is 3.51. The summed E-state index contributed by atoms with van der Waals surface area (Å²) in [6.07, 6.45) is 3.46. The summed E-state index contributed by atoms with van der Waals surface area (Å²) in [7, 11) is 0. The zero-order valence-electron chi connectivity index (χ0n) is 11.8. The number of carboxylic acids is 1. The Morgan fingerprint density at radius 1 is 1.58 bits per heavy atom. The third kappa shape index (κ3) is 3.56. The van der Waals surface area contributed by atoms with Crippen molar-refractivity contribution in [3.8, 4) is 0 Å². The van der Waals surface area contributed by atoms with Gasteiger partial charge in [-0.25, -0.2) is 4.98 Å². The van der Waals surface area contributed by atoms with E-state index in [1.54, 1.807) is 6.20 Å². The summed E-state index contributed by atoms with van der Waals surface area (Å²) in [4.78, 5) is 17.4. The molecule has 1 N–H and O–H groups in total. The van der Waals surface area contributed by atoms with Crippen molar-refractivity contribution >= 4 is 5.97 Å². The molecule has 0 radical (unpaired) electrons. The SMILES string of the molecule is CC(C)(C)c1cnc(CN2CCCC(C(=O)O)C2)o1. The number of aliphatic carboxylic acids is 1. The molecule has 1 fully saturated rings. The van der Waals surface area contributed by atoms with E-state index in [-0.39, 0.29) is 11.3 Å². The summed E-state index contributed by atoms with van der Waals surface area (Å²) < 4.78 is 5.75. The number of likely N-dealkylation sites (tertiary alicyclic amines) is 1. The van der Waals surface area contributed by atoms with Gasteiger partial charge in [0.2, 0.25) is 5.89 Å². The quantitative estimate of drug-likeness (QED) is 0.909. The number of nitrogens with zero attached hydrogens (tertiary/aromatic N) is 2. The first-order valence-electron chi connectivity index (χ1n) is 6.76. The molecule has 1 aromatic rings. The van der Waals surface area contributed by atoms with Gasteiger partial charge in [0, 0.05) is 12.0 Å². The fourth-order valence-electron chi connectivity index (χ4n) is 2.32. The minimum atomic E-state index is -0.701. The Balaban J connectivity index is 1.97. The van der Waals surface area contributed by atoms with Crippen LogP contribution in [0, 0.1) is 5.92 Å². The van der Waals surface area contributed by atoms with E-state index >= 15 is 0 Å². The first-order chi connectivity index (χ1) is 8.86. The monoisotopic (exact) mass is 266 g/mol. The summed E-state index contributed by atoms with van der Waals surface area (Å²) in [5.41, 5.74) is -0.0449. The Kier molecular flexibility index (Phi) is 3.94. The second-order valence-electron chi connectivity index (χ2n) is 6.28. The van der Waals surface area contributed by atoms with Crippen molar-refractivity contribution in [2.24, 2.45) is 5.92 Å². The molecule has 1 aliphatic heterocycles. The minimum Gasteiger partial charge on any atom is -0.481 e. The molecule has 1 aromatic heterocycles. The van der Waals surface area contributed by atoms with Gasteiger partial charge in [-0.1, -0.05) is 20.8 Å². The van der Waals surface area contributed by atoms with Crippen LogP contribution < -0.4 is 0 Å². The van der Waals surface area contributed by atoms with Gasteiger partial charge in [0.25, 0.3) is 0 Å². The van der Waals surface area contributed by atoms with Crippen LogP contribution in [0.3, 0.4) is 0 Å². The Morgan fingerprint density at radius 2 is 2.32 bits per heavy atom. The molecule has 0 saturated carbocycles. The minimum absolute atomic E-state index is 0.0449. The fourth-order valence-corrected chi connectivity index (χ4v) is 2.32. The standard InChI is InChI=1S/C14H22N2O3/c1-14(2,3)11-7-15-12(19-11)9-16-6-4-5-10(8-16)13(17)18/h7,10H,4-6,8-9H2,1-3H3,(H,17,18). The highest BCUT2D eigenvalue weighted by Gasteiger charge is 2.26. The Morgan fingerprint density at radius 3 is 2.89 bits per heavy atom. The van der Waals surface area contributed by atoms with Crippen LogP contribution in [0.2, 0.25) is 0 Å². The number of hydrogen-bond acceptors (Lipinski definition) is 4. The van der Waals surface area contributed by atoms with Gasteiger partial charge in [0.15, 0.2) is 0 Å². The van der Waals surface area contributed by atoms with Crippen LogP contribution in [-0.4, -0.2) is 34.0 Å². The predicted molar refractivity (Wildman–Crippen MR) is 70.8 cm³/mol. The summed E-state index contributed by atoms with van der Waals surface area (Å²) in [6, 6.07) is 0. The zero-order chi connectivity index (χ0) is 14.0. The van der Waals surface area contributed by atoms with Crippen molar-refractivity contribution in [1.29, 1.82) is 0 Å². The average molecular weight is 266 g/mol. The van der Waals surface area contributed by atoms with Crippen molar-refractivity contribution < 1.29 is 14.3 Å². The Hall–Kier alpha value is -1.36. The van der Waals surface area contributed by atoms with Crippen molar-refractivity contribution in [1.82, 2.24) is 9.88 Å². The fraction of sp³-hybridized carbons (Fsp3) is 0.714. The van der Waals surface area contributed by atoms with Crippen LogP contribution >= 0.6 is 0 Å². The van der Waals surface area contributed by atoms with E-state index in [4.69, 9.17) is 9.52 Å². The molecule has 0 aliphatic carbocycles. The zero-order valence-corrected chi connectivity index (χ0v) is 11.8. The van der Waals surface area contributed by atoms with Crippen molar-refractivity contribution in [2.75, 3.05) is 13.1 Å². The molecule has 5 heteroatoms. The third-order valence-corrected chi connectivity index (χ3v) is 3.51. The summed E-state index contributed by atoms with van der Waals surface area (Å²) in [5.74, 6) is 0.587. The summed E-state index contributed by atoms with van der Waals surface area (Å²) in [5, 5.41) is 9.07. The lowest BCUT2D eigenvalue weighted by Gasteiger charge is -2.29. The van der Waals surface area contributed by atoms with Crippen molar-refractivity contribution in [2.45, 2.75) is 45.6 Å². The maximum absolute atomic E-state index is 11.0. The van der Waals surface area contributed by atoms with Crippen molar-refractivity contribution in [3.63, 3.8) is 0 Å². The molecule has 0 amide bonds. The maximum Gasteiger partial charge on any atom is 0.307 e. The van der Waals surface area contributed by atoms with Gasteiger partial charge >= 0.3 is 5.97 Å². The summed E-state index contributed by atoms with van der Waals surface area (Å²) >= 11 is 0. The topological polar surface area (TPSA) is 66.6 Å². The molecule has 1 unspecified atom stereocenters. The molecule has 1 atom stereocenters. The molecular weight excluding hydrogens is 244 g/mol. The van der Waals surface area contributed by atoms with E-state index in [9.17, 15) is 4.79 Å². The smallest absolute Gasteiger partial charge is 0.307 e. The van der Waals surface area contributed by atoms with Gasteiger partial charge in [-0.2, -0.15) is 0 Å². The number of hydrogen-bond donors (Lipinski definition) is 1. The van der Waals surface area contributed by atoms with Gasteiger partial charge < -0.3 is 9.52 Å². The first-order valence-corrected chi connectivity index (χ1v) is 6.76. The van der Waals surface area contributed by atoms with E-state index in [0.29, 0.717) is 19.0 Å². The molecule has 2 heterocycles. The van der Waals surface area contributed by atoms with Gasteiger partial charge in [-0.15, -0.1) is 0 Å². The van der Waals surface area contributed by atoms with Gasteiger partial charge in [0.1, 0.15) is 5.76 Å². The predicted octanol–water partition coefficient (Wildman–Crippen LogP) is 2.27. The van der Waals surface area contributed by atoms with E-state index in [1.807, 2.05) is 0 Å². The molecule has 106 valence electrons. The van der Waals surface area contributed by atoms with Crippen molar-refractivity contribution in [3.05, 3.63) is 17.8 Å².